The van der Waals surface area contributed by atoms with Gasteiger partial charge in [-0.2, -0.15) is 5.10 Å². The van der Waals surface area contributed by atoms with E-state index in [0.717, 1.165) is 17.6 Å². The Morgan fingerprint density at radius 1 is 1.21 bits per heavy atom. The van der Waals surface area contributed by atoms with Crippen molar-refractivity contribution >= 4 is 28.5 Å². The number of benzene rings is 2. The summed E-state index contributed by atoms with van der Waals surface area (Å²) in [6, 6.07) is 13.5. The standard InChI is InChI=1S/C24H23FN6O2/c1-2-30-14-26-20-11-16(7-8-22(20)30)27-23(32)15-9-10-31(13-15)24(33)21-12-19(28-29-21)17-5-3-4-6-18(17)25/h3-8,11-12,14-15H,2,9-10,13H2,1H3,(H,27,32)(H,28,29). The number of hydrogen-bond acceptors (Lipinski definition) is 4. The van der Waals surface area contributed by atoms with Crippen LogP contribution in [0.2, 0.25) is 0 Å². The highest BCUT2D eigenvalue weighted by molar-refractivity contribution is 5.97. The van der Waals surface area contributed by atoms with Crippen molar-refractivity contribution in [3.8, 4) is 11.3 Å². The second kappa shape index (κ2) is 8.50. The minimum atomic E-state index is -0.402. The van der Waals surface area contributed by atoms with Gasteiger partial charge in [0.15, 0.2) is 0 Å². The Kier molecular flexibility index (Phi) is 5.37. The summed E-state index contributed by atoms with van der Waals surface area (Å²) in [7, 11) is 0. The predicted molar refractivity (Wildman–Crippen MR) is 122 cm³/mol. The number of aromatic nitrogens is 4. The number of H-pyrrole nitrogens is 1. The molecule has 5 rings (SSSR count). The number of fused-ring (bicyclic) bond motifs is 1. The highest BCUT2D eigenvalue weighted by atomic mass is 19.1. The molecule has 8 nitrogen and oxygen atoms in total. The van der Waals surface area contributed by atoms with Crippen molar-refractivity contribution in [3.05, 3.63) is 66.4 Å². The molecule has 1 fully saturated rings. The number of imidazole rings is 1. The largest absolute Gasteiger partial charge is 0.337 e. The highest BCUT2D eigenvalue weighted by Crippen LogP contribution is 2.25. The lowest BCUT2D eigenvalue weighted by Gasteiger charge is -2.15. The number of aryl methyl sites for hydroxylation is 1. The normalized spacial score (nSPS) is 15.8. The third-order valence-corrected chi connectivity index (χ3v) is 6.03. The van der Waals surface area contributed by atoms with Crippen LogP contribution in [0.1, 0.15) is 23.8 Å². The number of aromatic amines is 1. The van der Waals surface area contributed by atoms with Gasteiger partial charge in [-0.1, -0.05) is 12.1 Å². The van der Waals surface area contributed by atoms with Crippen LogP contribution in [0.25, 0.3) is 22.3 Å². The Balaban J connectivity index is 1.23. The number of hydrogen-bond donors (Lipinski definition) is 2. The Morgan fingerprint density at radius 3 is 2.88 bits per heavy atom. The molecule has 4 aromatic rings. The third kappa shape index (κ3) is 3.97. The molecule has 0 bridgehead atoms. The number of nitrogens with zero attached hydrogens (tertiary/aromatic N) is 4. The fourth-order valence-electron chi connectivity index (χ4n) is 4.21. The Labute approximate surface area is 189 Å². The lowest BCUT2D eigenvalue weighted by atomic mass is 10.1. The van der Waals surface area contributed by atoms with Crippen LogP contribution in [0.4, 0.5) is 10.1 Å². The molecule has 168 valence electrons. The SMILES string of the molecule is CCn1cnc2cc(NC(=O)C3CCN(C(=O)c4cc(-c5ccccc5F)n[nH]4)C3)ccc21. The zero-order valence-electron chi connectivity index (χ0n) is 18.1. The number of anilines is 1. The summed E-state index contributed by atoms with van der Waals surface area (Å²) in [5.74, 6) is -1.10. The van der Waals surface area contributed by atoms with Crippen molar-refractivity contribution in [2.45, 2.75) is 19.9 Å². The van der Waals surface area contributed by atoms with Crippen molar-refractivity contribution in [1.82, 2.24) is 24.6 Å². The van der Waals surface area contributed by atoms with Crippen LogP contribution in [-0.2, 0) is 11.3 Å². The van der Waals surface area contributed by atoms with Gasteiger partial charge in [0.2, 0.25) is 5.91 Å². The summed E-state index contributed by atoms with van der Waals surface area (Å²) in [5, 5.41) is 9.73. The molecule has 2 amide bonds. The zero-order chi connectivity index (χ0) is 22.9. The number of rotatable bonds is 5. The molecule has 1 atom stereocenters. The van der Waals surface area contributed by atoms with E-state index in [9.17, 15) is 14.0 Å². The first kappa shape index (κ1) is 20.9. The van der Waals surface area contributed by atoms with Gasteiger partial charge in [-0.25, -0.2) is 9.37 Å². The molecule has 1 unspecified atom stereocenters. The van der Waals surface area contributed by atoms with E-state index in [1.54, 1.807) is 35.5 Å². The molecule has 0 aliphatic carbocycles. The van der Waals surface area contributed by atoms with Gasteiger partial charge in [0.1, 0.15) is 11.5 Å². The van der Waals surface area contributed by atoms with E-state index in [4.69, 9.17) is 0 Å². The minimum absolute atomic E-state index is 0.128. The second-order valence-electron chi connectivity index (χ2n) is 8.11. The van der Waals surface area contributed by atoms with E-state index in [-0.39, 0.29) is 23.4 Å². The Hall–Kier alpha value is -4.01. The quantitative estimate of drug-likeness (QED) is 0.489. The second-order valence-corrected chi connectivity index (χ2v) is 8.11. The van der Waals surface area contributed by atoms with E-state index in [1.165, 1.54) is 6.07 Å². The molecular formula is C24H23FN6O2. The van der Waals surface area contributed by atoms with E-state index < -0.39 is 5.82 Å². The van der Waals surface area contributed by atoms with Crippen LogP contribution < -0.4 is 5.32 Å². The van der Waals surface area contributed by atoms with Crippen LogP contribution in [0, 0.1) is 11.7 Å². The summed E-state index contributed by atoms with van der Waals surface area (Å²) in [4.78, 5) is 31.7. The molecule has 0 spiro atoms. The van der Waals surface area contributed by atoms with Crippen molar-refractivity contribution in [2.24, 2.45) is 5.92 Å². The van der Waals surface area contributed by atoms with Crippen molar-refractivity contribution < 1.29 is 14.0 Å². The number of carbonyl (C=O) groups excluding carboxylic acids is 2. The van der Waals surface area contributed by atoms with E-state index in [2.05, 4.69) is 20.5 Å². The van der Waals surface area contributed by atoms with E-state index in [0.29, 0.717) is 36.5 Å². The van der Waals surface area contributed by atoms with Crippen LogP contribution in [-0.4, -0.2) is 49.6 Å². The first-order chi connectivity index (χ1) is 16.0. The molecule has 1 aliphatic heterocycles. The van der Waals surface area contributed by atoms with E-state index in [1.807, 2.05) is 29.7 Å². The third-order valence-electron chi connectivity index (χ3n) is 6.03. The summed E-state index contributed by atoms with van der Waals surface area (Å²) in [6.07, 6.45) is 2.35. The van der Waals surface area contributed by atoms with Gasteiger partial charge in [0.05, 0.1) is 29.0 Å². The van der Waals surface area contributed by atoms with Gasteiger partial charge in [0.25, 0.3) is 5.91 Å². The molecule has 3 heterocycles. The monoisotopic (exact) mass is 446 g/mol. The highest BCUT2D eigenvalue weighted by Gasteiger charge is 2.32. The van der Waals surface area contributed by atoms with Gasteiger partial charge in [-0.05, 0) is 49.7 Å². The lowest BCUT2D eigenvalue weighted by molar-refractivity contribution is -0.119. The van der Waals surface area contributed by atoms with Crippen molar-refractivity contribution in [3.63, 3.8) is 0 Å². The van der Waals surface area contributed by atoms with Crippen molar-refractivity contribution in [2.75, 3.05) is 18.4 Å². The minimum Gasteiger partial charge on any atom is -0.337 e. The zero-order valence-corrected chi connectivity index (χ0v) is 18.1. The maximum absolute atomic E-state index is 14.0. The topological polar surface area (TPSA) is 95.9 Å². The molecular weight excluding hydrogens is 423 g/mol. The molecule has 0 saturated carbocycles. The number of likely N-dealkylation sites (tertiary alicyclic amines) is 1. The van der Waals surface area contributed by atoms with Crippen LogP contribution in [0.5, 0.6) is 0 Å². The molecule has 1 aliphatic rings. The van der Waals surface area contributed by atoms with Crippen molar-refractivity contribution in [1.29, 1.82) is 0 Å². The maximum atomic E-state index is 14.0. The number of nitrogens with one attached hydrogen (secondary N) is 2. The molecule has 33 heavy (non-hydrogen) atoms. The van der Waals surface area contributed by atoms with Crippen LogP contribution >= 0.6 is 0 Å². The molecule has 9 heteroatoms. The number of amides is 2. The maximum Gasteiger partial charge on any atom is 0.271 e. The van der Waals surface area contributed by atoms with Gasteiger partial charge in [0, 0.05) is 30.9 Å². The van der Waals surface area contributed by atoms with Gasteiger partial charge >= 0.3 is 0 Å². The average molecular weight is 446 g/mol. The predicted octanol–water partition coefficient (Wildman–Crippen LogP) is 3.69. The van der Waals surface area contributed by atoms with Gasteiger partial charge in [-0.3, -0.25) is 14.7 Å². The van der Waals surface area contributed by atoms with E-state index >= 15 is 0 Å². The average Bonchev–Trinajstić information content (AvgIpc) is 3.58. The Bertz CT molecular complexity index is 1340. The number of halogens is 1. The molecule has 2 aromatic heterocycles. The summed E-state index contributed by atoms with van der Waals surface area (Å²) in [5.41, 5.74) is 3.48. The van der Waals surface area contributed by atoms with Gasteiger partial charge in [-0.15, -0.1) is 0 Å². The summed E-state index contributed by atoms with van der Waals surface area (Å²) in [6.45, 7) is 3.65. The van der Waals surface area contributed by atoms with Gasteiger partial charge < -0.3 is 14.8 Å². The van der Waals surface area contributed by atoms with Crippen LogP contribution in [0.15, 0.2) is 54.9 Å². The summed E-state index contributed by atoms with van der Waals surface area (Å²) >= 11 is 0. The summed E-state index contributed by atoms with van der Waals surface area (Å²) < 4.78 is 16.0. The molecule has 0 radical (unpaired) electrons. The molecule has 2 N–H and O–H groups in total. The fourth-order valence-corrected chi connectivity index (χ4v) is 4.21. The first-order valence-electron chi connectivity index (χ1n) is 10.9. The number of carbonyl (C=O) groups is 2. The van der Waals surface area contributed by atoms with Crippen LogP contribution in [0.3, 0.4) is 0 Å². The first-order valence-corrected chi connectivity index (χ1v) is 10.9. The molecule has 1 saturated heterocycles. The molecule has 2 aromatic carbocycles. The lowest BCUT2D eigenvalue weighted by Crippen LogP contribution is -2.31. The fraction of sp³-hybridized carbons (Fsp3) is 0.250. The smallest absolute Gasteiger partial charge is 0.271 e. The Morgan fingerprint density at radius 2 is 2.06 bits per heavy atom.